The molecule has 0 saturated carbocycles. The number of hydrogen-bond donors (Lipinski definition) is 1. The van der Waals surface area contributed by atoms with Crippen LogP contribution in [0.2, 0.25) is 0 Å². The monoisotopic (exact) mass is 261 g/mol. The third kappa shape index (κ3) is 3.57. The molecular weight excluding hydrogens is 238 g/mol. The lowest BCUT2D eigenvalue weighted by molar-refractivity contribution is -0.134. The van der Waals surface area contributed by atoms with Gasteiger partial charge in [-0.15, -0.1) is 0 Å². The largest absolute Gasteiger partial charge is 0.392 e. The van der Waals surface area contributed by atoms with Crippen LogP contribution in [0.25, 0.3) is 0 Å². The zero-order valence-corrected chi connectivity index (χ0v) is 11.7. The molecule has 104 valence electrons. The zero-order valence-electron chi connectivity index (χ0n) is 11.7. The summed E-state index contributed by atoms with van der Waals surface area (Å²) in [5, 5.41) is 10.1. The van der Waals surface area contributed by atoms with E-state index < -0.39 is 6.10 Å². The molecule has 1 N–H and O–H groups in total. The van der Waals surface area contributed by atoms with E-state index in [1.54, 1.807) is 0 Å². The van der Waals surface area contributed by atoms with Crippen LogP contribution in [0.3, 0.4) is 0 Å². The molecule has 1 amide bonds. The summed E-state index contributed by atoms with van der Waals surface area (Å²) in [6, 6.07) is 10.0. The van der Waals surface area contributed by atoms with E-state index in [0.29, 0.717) is 18.9 Å². The zero-order chi connectivity index (χ0) is 13.8. The van der Waals surface area contributed by atoms with E-state index in [2.05, 4.69) is 13.8 Å². The first-order valence-corrected chi connectivity index (χ1v) is 7.08. The highest BCUT2D eigenvalue weighted by molar-refractivity contribution is 5.81. The summed E-state index contributed by atoms with van der Waals surface area (Å²) < 4.78 is 0. The molecule has 2 atom stereocenters. The Morgan fingerprint density at radius 3 is 2.63 bits per heavy atom. The van der Waals surface area contributed by atoms with Crippen molar-refractivity contribution in [2.24, 2.45) is 11.8 Å². The van der Waals surface area contributed by atoms with Crippen molar-refractivity contribution in [3.63, 3.8) is 0 Å². The molecule has 0 bridgehead atoms. The third-order valence-electron chi connectivity index (χ3n) is 3.73. The number of nitrogens with zero attached hydrogens (tertiary/aromatic N) is 1. The Hall–Kier alpha value is -1.35. The summed E-state index contributed by atoms with van der Waals surface area (Å²) in [7, 11) is 0. The second kappa shape index (κ2) is 6.20. The molecule has 0 unspecified atom stereocenters. The molecule has 3 nitrogen and oxygen atoms in total. The highest BCUT2D eigenvalue weighted by Gasteiger charge is 2.36. The Balaban J connectivity index is 1.94. The predicted octanol–water partition coefficient (Wildman–Crippen LogP) is 2.44. The Morgan fingerprint density at radius 2 is 2.00 bits per heavy atom. The number of rotatable bonds is 5. The number of amides is 1. The molecule has 1 aromatic carbocycles. The van der Waals surface area contributed by atoms with Crippen molar-refractivity contribution in [2.75, 3.05) is 6.54 Å². The van der Waals surface area contributed by atoms with Gasteiger partial charge in [-0.1, -0.05) is 44.2 Å². The van der Waals surface area contributed by atoms with Gasteiger partial charge >= 0.3 is 0 Å². The summed E-state index contributed by atoms with van der Waals surface area (Å²) in [6.45, 7) is 5.56. The fourth-order valence-electron chi connectivity index (χ4n) is 2.73. The number of hydrogen-bond acceptors (Lipinski definition) is 2. The highest BCUT2D eigenvalue weighted by Crippen LogP contribution is 2.26. The number of benzene rings is 1. The van der Waals surface area contributed by atoms with Gasteiger partial charge in [-0.2, -0.15) is 0 Å². The second-order valence-electron chi connectivity index (χ2n) is 5.84. The fraction of sp³-hybridized carbons (Fsp3) is 0.562. The van der Waals surface area contributed by atoms with E-state index in [4.69, 9.17) is 0 Å². The molecule has 0 spiro atoms. The summed E-state index contributed by atoms with van der Waals surface area (Å²) in [4.78, 5) is 14.2. The molecule has 3 heteroatoms. The van der Waals surface area contributed by atoms with Crippen molar-refractivity contribution in [3.8, 4) is 0 Å². The fourth-order valence-corrected chi connectivity index (χ4v) is 2.73. The van der Waals surface area contributed by atoms with Crippen molar-refractivity contribution >= 4 is 5.91 Å². The van der Waals surface area contributed by atoms with Gasteiger partial charge in [-0.25, -0.2) is 0 Å². The van der Waals surface area contributed by atoms with Crippen molar-refractivity contribution < 1.29 is 9.90 Å². The minimum atomic E-state index is -0.492. The SMILES string of the molecule is CC(C)C[C@@H](O)[C@H]1CCN(Cc2ccccc2)C1=O. The van der Waals surface area contributed by atoms with Gasteiger partial charge in [0.25, 0.3) is 0 Å². The normalized spacial score (nSPS) is 21.2. The van der Waals surface area contributed by atoms with Gasteiger partial charge in [-0.3, -0.25) is 4.79 Å². The summed E-state index contributed by atoms with van der Waals surface area (Å²) in [5.74, 6) is 0.328. The third-order valence-corrected chi connectivity index (χ3v) is 3.73. The molecule has 0 aromatic heterocycles. The summed E-state index contributed by atoms with van der Waals surface area (Å²) in [6.07, 6.45) is 0.989. The molecule has 1 aliphatic heterocycles. The van der Waals surface area contributed by atoms with Crippen molar-refractivity contribution in [1.82, 2.24) is 4.90 Å². The van der Waals surface area contributed by atoms with Crippen LogP contribution < -0.4 is 0 Å². The van der Waals surface area contributed by atoms with E-state index in [0.717, 1.165) is 18.5 Å². The molecule has 0 radical (unpaired) electrons. The average molecular weight is 261 g/mol. The van der Waals surface area contributed by atoms with Crippen molar-refractivity contribution in [3.05, 3.63) is 35.9 Å². The lowest BCUT2D eigenvalue weighted by Gasteiger charge is -2.20. The van der Waals surface area contributed by atoms with E-state index in [1.165, 1.54) is 0 Å². The maximum absolute atomic E-state index is 12.3. The molecule has 1 aromatic rings. The van der Waals surface area contributed by atoms with Gasteiger partial charge < -0.3 is 10.0 Å². The number of aliphatic hydroxyl groups is 1. The smallest absolute Gasteiger partial charge is 0.228 e. The quantitative estimate of drug-likeness (QED) is 0.884. The Labute approximate surface area is 115 Å². The first-order chi connectivity index (χ1) is 9.08. The Bertz CT molecular complexity index is 416. The van der Waals surface area contributed by atoms with Crippen LogP contribution in [0.4, 0.5) is 0 Å². The topological polar surface area (TPSA) is 40.5 Å². The second-order valence-corrected chi connectivity index (χ2v) is 5.84. The van der Waals surface area contributed by atoms with E-state index >= 15 is 0 Å². The maximum Gasteiger partial charge on any atom is 0.228 e. The minimum Gasteiger partial charge on any atom is -0.392 e. The Kier molecular flexibility index (Phi) is 4.59. The molecule has 1 heterocycles. The van der Waals surface area contributed by atoms with Crippen LogP contribution in [0.15, 0.2) is 30.3 Å². The standard InChI is InChI=1S/C16H23NO2/c1-12(2)10-15(18)14-8-9-17(16(14)19)11-13-6-4-3-5-7-13/h3-7,12,14-15,18H,8-11H2,1-2H3/t14-,15-/m1/s1. The maximum atomic E-state index is 12.3. The van der Waals surface area contributed by atoms with Crippen molar-refractivity contribution in [1.29, 1.82) is 0 Å². The van der Waals surface area contributed by atoms with Crippen LogP contribution >= 0.6 is 0 Å². The molecule has 1 fully saturated rings. The van der Waals surface area contributed by atoms with Crippen molar-refractivity contribution in [2.45, 2.75) is 39.3 Å². The van der Waals surface area contributed by atoms with E-state index in [9.17, 15) is 9.90 Å². The molecular formula is C16H23NO2. The summed E-state index contributed by atoms with van der Waals surface area (Å²) >= 11 is 0. The molecule has 2 rings (SSSR count). The predicted molar refractivity (Wildman–Crippen MR) is 75.4 cm³/mol. The van der Waals surface area contributed by atoms with Crippen LogP contribution in [-0.4, -0.2) is 28.6 Å². The van der Waals surface area contributed by atoms with Gasteiger partial charge in [0.15, 0.2) is 0 Å². The molecule has 19 heavy (non-hydrogen) atoms. The lowest BCUT2D eigenvalue weighted by Crippen LogP contribution is -2.32. The number of carbonyl (C=O) groups excluding carboxylic acids is 1. The number of carbonyl (C=O) groups is 1. The van der Waals surface area contributed by atoms with Crippen LogP contribution in [-0.2, 0) is 11.3 Å². The average Bonchev–Trinajstić information content (AvgIpc) is 2.72. The van der Waals surface area contributed by atoms with Crippen LogP contribution in [0, 0.1) is 11.8 Å². The first-order valence-electron chi connectivity index (χ1n) is 7.08. The van der Waals surface area contributed by atoms with E-state index in [1.807, 2.05) is 35.2 Å². The molecule has 1 saturated heterocycles. The number of aliphatic hydroxyl groups excluding tert-OH is 1. The van der Waals surface area contributed by atoms with Gasteiger partial charge in [-0.05, 0) is 24.3 Å². The highest BCUT2D eigenvalue weighted by atomic mass is 16.3. The summed E-state index contributed by atoms with van der Waals surface area (Å²) in [5.41, 5.74) is 1.15. The van der Waals surface area contributed by atoms with E-state index in [-0.39, 0.29) is 11.8 Å². The minimum absolute atomic E-state index is 0.108. The first kappa shape index (κ1) is 14.1. The van der Waals surface area contributed by atoms with Gasteiger partial charge in [0.05, 0.1) is 12.0 Å². The van der Waals surface area contributed by atoms with Crippen LogP contribution in [0.1, 0.15) is 32.3 Å². The Morgan fingerprint density at radius 1 is 1.32 bits per heavy atom. The van der Waals surface area contributed by atoms with Gasteiger partial charge in [0.2, 0.25) is 5.91 Å². The molecule has 0 aliphatic carbocycles. The van der Waals surface area contributed by atoms with Gasteiger partial charge in [0.1, 0.15) is 0 Å². The number of likely N-dealkylation sites (tertiary alicyclic amines) is 1. The lowest BCUT2D eigenvalue weighted by atomic mass is 9.93. The van der Waals surface area contributed by atoms with Gasteiger partial charge in [0, 0.05) is 13.1 Å². The van der Waals surface area contributed by atoms with Crippen LogP contribution in [0.5, 0.6) is 0 Å². The molecule has 1 aliphatic rings.